The Morgan fingerprint density at radius 1 is 1.27 bits per heavy atom. The van der Waals surface area contributed by atoms with Crippen LogP contribution in [0, 0.1) is 12.7 Å². The SMILES string of the molecule is CSc1cccc(NC(=O)c2sc(COc3ccc(F)cc3)nc2C)c1. The van der Waals surface area contributed by atoms with E-state index in [0.29, 0.717) is 21.3 Å². The summed E-state index contributed by atoms with van der Waals surface area (Å²) in [5, 5.41) is 3.59. The molecule has 1 aromatic heterocycles. The molecular weight excluding hydrogens is 371 g/mol. The molecule has 0 spiro atoms. The van der Waals surface area contributed by atoms with Crippen LogP contribution in [-0.4, -0.2) is 17.1 Å². The highest BCUT2D eigenvalue weighted by Crippen LogP contribution is 2.23. The van der Waals surface area contributed by atoms with Crippen molar-refractivity contribution < 1.29 is 13.9 Å². The van der Waals surface area contributed by atoms with Gasteiger partial charge in [0.25, 0.3) is 5.91 Å². The van der Waals surface area contributed by atoms with Crippen molar-refractivity contribution in [3.8, 4) is 5.75 Å². The predicted octanol–water partition coefficient (Wildman–Crippen LogP) is 5.14. The predicted molar refractivity (Wildman–Crippen MR) is 104 cm³/mol. The van der Waals surface area contributed by atoms with E-state index in [1.54, 1.807) is 30.8 Å². The minimum absolute atomic E-state index is 0.189. The molecule has 0 atom stereocenters. The van der Waals surface area contributed by atoms with Crippen molar-refractivity contribution in [3.05, 3.63) is 69.9 Å². The van der Waals surface area contributed by atoms with Gasteiger partial charge in [-0.2, -0.15) is 0 Å². The van der Waals surface area contributed by atoms with E-state index in [-0.39, 0.29) is 18.3 Å². The Morgan fingerprint density at radius 2 is 2.04 bits per heavy atom. The first-order valence-electron chi connectivity index (χ1n) is 7.85. The quantitative estimate of drug-likeness (QED) is 0.594. The third-order valence-corrected chi connectivity index (χ3v) is 5.41. The van der Waals surface area contributed by atoms with Crippen LogP contribution < -0.4 is 10.1 Å². The topological polar surface area (TPSA) is 51.2 Å². The summed E-state index contributed by atoms with van der Waals surface area (Å²) in [6.07, 6.45) is 1.99. The lowest BCUT2D eigenvalue weighted by Crippen LogP contribution is -2.11. The number of carbonyl (C=O) groups excluding carboxylic acids is 1. The van der Waals surface area contributed by atoms with Gasteiger partial charge in [-0.1, -0.05) is 6.07 Å². The van der Waals surface area contributed by atoms with Gasteiger partial charge in [0.05, 0.1) is 5.69 Å². The number of aryl methyl sites for hydroxylation is 1. The van der Waals surface area contributed by atoms with Gasteiger partial charge in [-0.15, -0.1) is 23.1 Å². The fraction of sp³-hybridized carbons (Fsp3) is 0.158. The van der Waals surface area contributed by atoms with E-state index < -0.39 is 0 Å². The molecule has 2 aromatic carbocycles. The van der Waals surface area contributed by atoms with Crippen LogP contribution >= 0.6 is 23.1 Å². The molecule has 26 heavy (non-hydrogen) atoms. The Balaban J connectivity index is 1.66. The van der Waals surface area contributed by atoms with Crippen LogP contribution in [0.3, 0.4) is 0 Å². The molecule has 1 N–H and O–H groups in total. The van der Waals surface area contributed by atoms with E-state index >= 15 is 0 Å². The van der Waals surface area contributed by atoms with Crippen LogP contribution in [0.1, 0.15) is 20.4 Å². The molecule has 0 aliphatic carbocycles. The molecule has 0 saturated heterocycles. The summed E-state index contributed by atoms with van der Waals surface area (Å²) in [5.41, 5.74) is 1.41. The van der Waals surface area contributed by atoms with Crippen molar-refractivity contribution in [1.29, 1.82) is 0 Å². The first kappa shape index (κ1) is 18.4. The van der Waals surface area contributed by atoms with Gasteiger partial charge in [-0.3, -0.25) is 4.79 Å². The molecule has 7 heteroatoms. The number of thioether (sulfide) groups is 1. The summed E-state index contributed by atoms with van der Waals surface area (Å²) in [5.74, 6) is 0.0531. The number of ether oxygens (including phenoxy) is 1. The van der Waals surface area contributed by atoms with Gasteiger partial charge in [0.2, 0.25) is 0 Å². The number of nitrogens with one attached hydrogen (secondary N) is 1. The molecule has 0 aliphatic rings. The van der Waals surface area contributed by atoms with Crippen LogP contribution in [0.2, 0.25) is 0 Å². The van der Waals surface area contributed by atoms with E-state index in [0.717, 1.165) is 10.6 Å². The largest absolute Gasteiger partial charge is 0.486 e. The van der Waals surface area contributed by atoms with Gasteiger partial charge >= 0.3 is 0 Å². The van der Waals surface area contributed by atoms with Gasteiger partial charge < -0.3 is 10.1 Å². The second-order valence-electron chi connectivity index (χ2n) is 5.45. The van der Waals surface area contributed by atoms with Crippen molar-refractivity contribution in [1.82, 2.24) is 4.98 Å². The van der Waals surface area contributed by atoms with Gasteiger partial charge in [0.15, 0.2) is 0 Å². The molecule has 1 heterocycles. The molecule has 0 aliphatic heterocycles. The summed E-state index contributed by atoms with van der Waals surface area (Å²) < 4.78 is 18.5. The molecule has 1 amide bonds. The number of carbonyl (C=O) groups is 1. The minimum Gasteiger partial charge on any atom is -0.486 e. The van der Waals surface area contributed by atoms with E-state index in [1.807, 2.05) is 30.5 Å². The highest BCUT2D eigenvalue weighted by molar-refractivity contribution is 7.98. The van der Waals surface area contributed by atoms with Crippen LogP contribution in [0.4, 0.5) is 10.1 Å². The number of hydrogen-bond donors (Lipinski definition) is 1. The average molecular weight is 388 g/mol. The van der Waals surface area contributed by atoms with Gasteiger partial charge in [0, 0.05) is 10.6 Å². The summed E-state index contributed by atoms with van der Waals surface area (Å²) in [7, 11) is 0. The second kappa shape index (κ2) is 8.33. The number of nitrogens with zero attached hydrogens (tertiary/aromatic N) is 1. The molecule has 3 rings (SSSR count). The average Bonchev–Trinajstić information content (AvgIpc) is 3.02. The summed E-state index contributed by atoms with van der Waals surface area (Å²) >= 11 is 2.91. The lowest BCUT2D eigenvalue weighted by atomic mass is 10.3. The Bertz CT molecular complexity index is 910. The smallest absolute Gasteiger partial charge is 0.267 e. The van der Waals surface area contributed by atoms with Crippen molar-refractivity contribution in [2.24, 2.45) is 0 Å². The number of amides is 1. The summed E-state index contributed by atoms with van der Waals surface area (Å²) in [4.78, 5) is 18.6. The maximum Gasteiger partial charge on any atom is 0.267 e. The van der Waals surface area contributed by atoms with Crippen molar-refractivity contribution >= 4 is 34.7 Å². The Morgan fingerprint density at radius 3 is 2.77 bits per heavy atom. The molecule has 0 saturated carbocycles. The number of hydrogen-bond acceptors (Lipinski definition) is 5. The van der Waals surface area contributed by atoms with Gasteiger partial charge in [-0.25, -0.2) is 9.37 Å². The third kappa shape index (κ3) is 4.62. The highest BCUT2D eigenvalue weighted by atomic mass is 32.2. The zero-order valence-corrected chi connectivity index (χ0v) is 15.9. The molecule has 4 nitrogen and oxygen atoms in total. The number of halogens is 1. The normalized spacial score (nSPS) is 10.6. The number of anilines is 1. The first-order chi connectivity index (χ1) is 12.5. The number of benzene rings is 2. The van der Waals surface area contributed by atoms with Crippen LogP contribution in [0.5, 0.6) is 5.75 Å². The zero-order valence-electron chi connectivity index (χ0n) is 14.3. The summed E-state index contributed by atoms with van der Waals surface area (Å²) in [6, 6.07) is 13.5. The second-order valence-corrected chi connectivity index (χ2v) is 7.41. The lowest BCUT2D eigenvalue weighted by molar-refractivity contribution is 0.103. The minimum atomic E-state index is -0.313. The maximum atomic E-state index is 12.9. The molecule has 3 aromatic rings. The lowest BCUT2D eigenvalue weighted by Gasteiger charge is -2.05. The van der Waals surface area contributed by atoms with Crippen LogP contribution in [-0.2, 0) is 6.61 Å². The number of aromatic nitrogens is 1. The highest BCUT2D eigenvalue weighted by Gasteiger charge is 2.16. The molecular formula is C19H17FN2O2S2. The van der Waals surface area contributed by atoms with E-state index in [9.17, 15) is 9.18 Å². The Kier molecular flexibility index (Phi) is 5.90. The van der Waals surface area contributed by atoms with Crippen molar-refractivity contribution in [2.45, 2.75) is 18.4 Å². The standard InChI is InChI=1S/C19H17FN2O2S2/c1-12-18(19(23)22-14-4-3-5-16(10-14)25-2)26-17(21-12)11-24-15-8-6-13(20)7-9-15/h3-10H,11H2,1-2H3,(H,22,23). The van der Waals surface area contributed by atoms with E-state index in [1.165, 1.54) is 23.5 Å². The van der Waals surface area contributed by atoms with E-state index in [2.05, 4.69) is 10.3 Å². The first-order valence-corrected chi connectivity index (χ1v) is 9.89. The maximum absolute atomic E-state index is 12.9. The fourth-order valence-electron chi connectivity index (χ4n) is 2.29. The number of rotatable bonds is 6. The van der Waals surface area contributed by atoms with Crippen LogP contribution in [0.25, 0.3) is 0 Å². The Labute approximate surface area is 159 Å². The van der Waals surface area contributed by atoms with Crippen molar-refractivity contribution in [2.75, 3.05) is 11.6 Å². The summed E-state index contributed by atoms with van der Waals surface area (Å²) in [6.45, 7) is 2.03. The van der Waals surface area contributed by atoms with Crippen LogP contribution in [0.15, 0.2) is 53.4 Å². The molecule has 134 valence electrons. The monoisotopic (exact) mass is 388 g/mol. The fourth-order valence-corrected chi connectivity index (χ4v) is 3.62. The van der Waals surface area contributed by atoms with Crippen molar-refractivity contribution in [3.63, 3.8) is 0 Å². The Hall–Kier alpha value is -2.38. The molecule has 0 radical (unpaired) electrons. The van der Waals surface area contributed by atoms with Gasteiger partial charge in [0.1, 0.15) is 28.1 Å². The van der Waals surface area contributed by atoms with E-state index in [4.69, 9.17) is 4.74 Å². The molecule has 0 bridgehead atoms. The molecule has 0 unspecified atom stereocenters. The third-order valence-electron chi connectivity index (χ3n) is 3.55. The molecule has 0 fully saturated rings. The van der Waals surface area contributed by atoms with Gasteiger partial charge in [-0.05, 0) is 55.6 Å². The zero-order chi connectivity index (χ0) is 18.5. The number of thiazole rings is 1.